The molecule has 0 atom stereocenters. The van der Waals surface area contributed by atoms with Crippen molar-refractivity contribution >= 4 is 17.9 Å². The molecule has 7 heteroatoms. The molecular formula is C12H21N3O4. The quantitative estimate of drug-likeness (QED) is 0.518. The topological polar surface area (TPSA) is 108 Å². The summed E-state index contributed by atoms with van der Waals surface area (Å²) in [5.74, 6) is -1.05. The summed E-state index contributed by atoms with van der Waals surface area (Å²) in [6, 6.07) is -0.381. The zero-order valence-corrected chi connectivity index (χ0v) is 11.1. The number of aliphatic carboxylic acids is 1. The van der Waals surface area contributed by atoms with Gasteiger partial charge in [0.05, 0.1) is 12.0 Å². The van der Waals surface area contributed by atoms with E-state index in [0.717, 1.165) is 12.8 Å². The normalized spacial score (nSPS) is 16.7. The Morgan fingerprint density at radius 2 is 1.68 bits per heavy atom. The van der Waals surface area contributed by atoms with Crippen molar-refractivity contribution in [1.82, 2.24) is 16.0 Å². The van der Waals surface area contributed by atoms with Crippen LogP contribution in [0.5, 0.6) is 0 Å². The summed E-state index contributed by atoms with van der Waals surface area (Å²) >= 11 is 0. The van der Waals surface area contributed by atoms with Crippen molar-refractivity contribution in [3.63, 3.8) is 0 Å². The molecule has 1 aliphatic rings. The number of nitrogens with one attached hydrogen (secondary N) is 3. The van der Waals surface area contributed by atoms with Crippen molar-refractivity contribution in [3.8, 4) is 0 Å². The van der Waals surface area contributed by atoms with Crippen LogP contribution in [0.15, 0.2) is 0 Å². The fourth-order valence-electron chi connectivity index (χ4n) is 2.39. The molecule has 0 unspecified atom stereocenters. The Morgan fingerprint density at radius 3 is 2.21 bits per heavy atom. The maximum atomic E-state index is 11.7. The molecule has 108 valence electrons. The van der Waals surface area contributed by atoms with Gasteiger partial charge in [-0.2, -0.15) is 0 Å². The molecule has 0 saturated heterocycles. The minimum Gasteiger partial charge on any atom is -0.481 e. The first kappa shape index (κ1) is 15.3. The molecule has 0 spiro atoms. The van der Waals surface area contributed by atoms with Crippen LogP contribution in [-0.4, -0.2) is 41.6 Å². The maximum Gasteiger partial charge on any atom is 0.315 e. The van der Waals surface area contributed by atoms with Gasteiger partial charge in [0.25, 0.3) is 0 Å². The summed E-state index contributed by atoms with van der Waals surface area (Å²) in [5, 5.41) is 16.8. The molecule has 0 aliphatic heterocycles. The van der Waals surface area contributed by atoms with Crippen LogP contribution in [0.25, 0.3) is 0 Å². The van der Waals surface area contributed by atoms with Crippen LogP contribution in [0.4, 0.5) is 4.79 Å². The number of amides is 3. The Morgan fingerprint density at radius 1 is 1.11 bits per heavy atom. The third-order valence-corrected chi connectivity index (χ3v) is 3.21. The Kier molecular flexibility index (Phi) is 5.59. The number of carbonyl (C=O) groups excluding carboxylic acids is 2. The van der Waals surface area contributed by atoms with Crippen LogP contribution in [0, 0.1) is 0 Å². The van der Waals surface area contributed by atoms with Crippen LogP contribution < -0.4 is 16.0 Å². The van der Waals surface area contributed by atoms with Crippen LogP contribution in [0.2, 0.25) is 0 Å². The lowest BCUT2D eigenvalue weighted by Gasteiger charge is -2.28. The van der Waals surface area contributed by atoms with Gasteiger partial charge < -0.3 is 21.1 Å². The van der Waals surface area contributed by atoms with Gasteiger partial charge in [0.15, 0.2) is 0 Å². The van der Waals surface area contributed by atoms with E-state index in [0.29, 0.717) is 25.9 Å². The Hall–Kier alpha value is -1.79. The summed E-state index contributed by atoms with van der Waals surface area (Å²) < 4.78 is 0. The van der Waals surface area contributed by atoms with Crippen molar-refractivity contribution in [2.75, 3.05) is 13.1 Å². The molecule has 0 bridgehead atoms. The summed E-state index contributed by atoms with van der Waals surface area (Å²) in [7, 11) is 0. The zero-order valence-electron chi connectivity index (χ0n) is 11.1. The molecule has 0 aromatic heterocycles. The lowest BCUT2D eigenvalue weighted by Crippen LogP contribution is -2.52. The highest BCUT2D eigenvalue weighted by Crippen LogP contribution is 2.32. The first-order chi connectivity index (χ1) is 8.93. The van der Waals surface area contributed by atoms with E-state index in [1.807, 2.05) is 0 Å². The minimum absolute atomic E-state index is 0.0495. The van der Waals surface area contributed by atoms with Crippen molar-refractivity contribution in [3.05, 3.63) is 0 Å². The predicted octanol–water partition coefficient (Wildman–Crippen LogP) is 0.209. The fourth-order valence-corrected chi connectivity index (χ4v) is 2.39. The lowest BCUT2D eigenvalue weighted by molar-refractivity contribution is -0.138. The third-order valence-electron chi connectivity index (χ3n) is 3.21. The first-order valence-electron chi connectivity index (χ1n) is 6.46. The van der Waals surface area contributed by atoms with Gasteiger partial charge in [-0.3, -0.25) is 9.59 Å². The highest BCUT2D eigenvalue weighted by atomic mass is 16.4. The highest BCUT2D eigenvalue weighted by Gasteiger charge is 2.37. The largest absolute Gasteiger partial charge is 0.481 e. The molecule has 3 amide bonds. The average molecular weight is 271 g/mol. The number of carboxylic acids is 1. The fraction of sp³-hybridized carbons (Fsp3) is 0.750. The molecule has 1 saturated carbocycles. The van der Waals surface area contributed by atoms with E-state index in [2.05, 4.69) is 16.0 Å². The van der Waals surface area contributed by atoms with Crippen LogP contribution in [0.3, 0.4) is 0 Å². The number of urea groups is 1. The predicted molar refractivity (Wildman–Crippen MR) is 68.7 cm³/mol. The molecule has 0 aromatic rings. The van der Waals surface area contributed by atoms with Gasteiger partial charge in [0, 0.05) is 20.0 Å². The van der Waals surface area contributed by atoms with E-state index in [4.69, 9.17) is 5.11 Å². The molecule has 1 aliphatic carbocycles. The van der Waals surface area contributed by atoms with E-state index >= 15 is 0 Å². The molecular weight excluding hydrogens is 250 g/mol. The Labute approximate surface area is 112 Å². The van der Waals surface area contributed by atoms with Gasteiger partial charge in [-0.15, -0.1) is 0 Å². The molecule has 19 heavy (non-hydrogen) atoms. The molecule has 0 radical (unpaired) electrons. The van der Waals surface area contributed by atoms with Crippen molar-refractivity contribution < 1.29 is 19.5 Å². The zero-order chi connectivity index (χ0) is 14.3. The molecule has 7 nitrogen and oxygen atoms in total. The smallest absolute Gasteiger partial charge is 0.315 e. The Bertz CT molecular complexity index is 351. The molecule has 1 fully saturated rings. The number of hydrogen-bond donors (Lipinski definition) is 4. The van der Waals surface area contributed by atoms with E-state index < -0.39 is 11.5 Å². The lowest BCUT2D eigenvalue weighted by atomic mass is 9.93. The second-order valence-electron chi connectivity index (χ2n) is 4.92. The number of rotatable bonds is 6. The molecule has 1 rings (SSSR count). The minimum atomic E-state index is -0.902. The van der Waals surface area contributed by atoms with Crippen molar-refractivity contribution in [1.29, 1.82) is 0 Å². The molecule has 4 N–H and O–H groups in total. The van der Waals surface area contributed by atoms with E-state index in [1.165, 1.54) is 6.92 Å². The van der Waals surface area contributed by atoms with Gasteiger partial charge in [0.1, 0.15) is 0 Å². The second-order valence-corrected chi connectivity index (χ2v) is 4.92. The monoisotopic (exact) mass is 271 g/mol. The summed E-state index contributed by atoms with van der Waals surface area (Å²) in [6.07, 6.45) is 3.20. The Balaban J connectivity index is 2.35. The first-order valence-corrected chi connectivity index (χ1v) is 6.46. The average Bonchev–Trinajstić information content (AvgIpc) is 2.71. The van der Waals surface area contributed by atoms with E-state index in [1.54, 1.807) is 0 Å². The van der Waals surface area contributed by atoms with Gasteiger partial charge in [-0.05, 0) is 12.8 Å². The van der Waals surface area contributed by atoms with Crippen LogP contribution in [-0.2, 0) is 9.59 Å². The summed E-state index contributed by atoms with van der Waals surface area (Å²) in [6.45, 7) is 2.07. The van der Waals surface area contributed by atoms with Gasteiger partial charge in [-0.25, -0.2) is 4.79 Å². The van der Waals surface area contributed by atoms with Crippen molar-refractivity contribution in [2.24, 2.45) is 0 Å². The van der Waals surface area contributed by atoms with Gasteiger partial charge >= 0.3 is 12.0 Å². The summed E-state index contributed by atoms with van der Waals surface area (Å²) in [4.78, 5) is 33.2. The summed E-state index contributed by atoms with van der Waals surface area (Å²) in [5.41, 5.74) is -0.621. The standard InChI is InChI=1S/C12H21N3O4/c1-9(16)13-6-7-14-11(19)15-12(8-10(17)18)4-2-3-5-12/h2-8H2,1H3,(H,13,16)(H,17,18)(H2,14,15,19). The van der Waals surface area contributed by atoms with Crippen molar-refractivity contribution in [2.45, 2.75) is 44.6 Å². The second kappa shape index (κ2) is 6.96. The van der Waals surface area contributed by atoms with E-state index in [-0.39, 0.29) is 18.4 Å². The number of hydrogen-bond acceptors (Lipinski definition) is 3. The molecule has 0 heterocycles. The van der Waals surface area contributed by atoms with Gasteiger partial charge in [0.2, 0.25) is 5.91 Å². The maximum absolute atomic E-state index is 11.7. The third kappa shape index (κ3) is 5.58. The van der Waals surface area contributed by atoms with Crippen LogP contribution in [0.1, 0.15) is 39.0 Å². The van der Waals surface area contributed by atoms with Gasteiger partial charge in [-0.1, -0.05) is 12.8 Å². The molecule has 0 aromatic carbocycles. The number of carboxylic acid groups (broad SMARTS) is 1. The SMILES string of the molecule is CC(=O)NCCNC(=O)NC1(CC(=O)O)CCCC1. The van der Waals surface area contributed by atoms with E-state index in [9.17, 15) is 14.4 Å². The number of carbonyl (C=O) groups is 3. The highest BCUT2D eigenvalue weighted by molar-refractivity contribution is 5.77. The van der Waals surface area contributed by atoms with Crippen LogP contribution >= 0.6 is 0 Å².